The quantitative estimate of drug-likeness (QED) is 0.0891. The number of hydrogen-bond donors (Lipinski definition) is 0. The molecule has 0 radical (unpaired) electrons. The number of aromatic nitrogens is 3. The lowest BCUT2D eigenvalue weighted by Gasteiger charge is -2.23. The number of rotatable bonds is 16. The molecule has 10 nitrogen and oxygen atoms in total. The maximum atomic E-state index is 14.5. The van der Waals surface area contributed by atoms with Gasteiger partial charge in [0.15, 0.2) is 5.69 Å². The van der Waals surface area contributed by atoms with Gasteiger partial charge in [-0.15, -0.1) is 11.3 Å². The second-order valence-electron chi connectivity index (χ2n) is 13.5. The fraction of sp³-hybridized carbons (Fsp3) is 0.262. The van der Waals surface area contributed by atoms with E-state index in [4.69, 9.17) is 30.9 Å². The molecule has 0 bridgehead atoms. The Kier molecular flexibility index (Phi) is 11.9. The Hall–Kier alpha value is -5.08. The fourth-order valence-electron chi connectivity index (χ4n) is 6.44. The van der Waals surface area contributed by atoms with Gasteiger partial charge >= 0.3 is 5.97 Å². The molecule has 0 aliphatic heterocycles. The molecule has 2 aromatic heterocycles. The predicted octanol–water partition coefficient (Wildman–Crippen LogP) is 8.92. The maximum absolute atomic E-state index is 14.5. The third-order valence-corrected chi connectivity index (χ3v) is 12.7. The molecule has 56 heavy (non-hydrogen) atoms. The van der Waals surface area contributed by atoms with Crippen LogP contribution in [-0.2, 0) is 40.7 Å². The minimum Gasteiger partial charge on any atom is -0.497 e. The molecule has 1 saturated carbocycles. The molecule has 7 rings (SSSR count). The van der Waals surface area contributed by atoms with Crippen LogP contribution in [0.5, 0.6) is 11.5 Å². The van der Waals surface area contributed by atoms with Crippen molar-refractivity contribution in [3.63, 3.8) is 0 Å². The molecule has 0 N–H and O–H groups in total. The molecule has 0 spiro atoms. The van der Waals surface area contributed by atoms with Crippen LogP contribution in [0.15, 0.2) is 101 Å². The van der Waals surface area contributed by atoms with Gasteiger partial charge in [0.25, 0.3) is 0 Å². The van der Waals surface area contributed by atoms with Crippen LogP contribution in [0.2, 0.25) is 5.02 Å². The molecule has 0 atom stereocenters. The summed E-state index contributed by atoms with van der Waals surface area (Å²) in [6, 6.07) is 25.7. The molecule has 290 valence electrons. The van der Waals surface area contributed by atoms with Gasteiger partial charge in [-0.1, -0.05) is 41.9 Å². The largest absolute Gasteiger partial charge is 0.497 e. The molecular weight excluding hydrogens is 775 g/mol. The molecule has 2 heterocycles. The number of carbonyl (C=O) groups excluding carboxylic acids is 1. The van der Waals surface area contributed by atoms with Crippen molar-refractivity contribution < 1.29 is 31.8 Å². The highest BCUT2D eigenvalue weighted by Gasteiger charge is 2.31. The number of ether oxygens (including phenoxy) is 3. The van der Waals surface area contributed by atoms with E-state index in [1.54, 1.807) is 85.8 Å². The number of nitrogens with zero attached hydrogens (tertiary/aromatic N) is 4. The van der Waals surface area contributed by atoms with E-state index in [1.165, 1.54) is 27.8 Å². The van der Waals surface area contributed by atoms with Crippen molar-refractivity contribution in [2.24, 2.45) is 5.92 Å². The molecule has 1 aliphatic rings. The maximum Gasteiger partial charge on any atom is 0.357 e. The summed E-state index contributed by atoms with van der Waals surface area (Å²) in [6.07, 6.45) is 3.21. The molecule has 0 saturated heterocycles. The van der Waals surface area contributed by atoms with Crippen molar-refractivity contribution in [2.45, 2.75) is 50.6 Å². The highest BCUT2D eigenvalue weighted by molar-refractivity contribution is 7.89. The average Bonchev–Trinajstić information content (AvgIpc) is 3.77. The van der Waals surface area contributed by atoms with E-state index < -0.39 is 16.0 Å². The molecule has 0 unspecified atom stereocenters. The number of hydrogen-bond acceptors (Lipinski definition) is 9. The van der Waals surface area contributed by atoms with Gasteiger partial charge in [0.05, 0.1) is 37.2 Å². The second kappa shape index (κ2) is 17.0. The SMILES string of the molecule is CCOC(=O)c1csc(-n2nc(-c3ccc(F)cc3)c(Cc3ccc(S(=O)(=O)N(Cc4ccc(OC)cc4)Cc4ccc(OC)cc4)c(Cl)c3)c2CC2CC2)n1. The number of thiazole rings is 1. The summed E-state index contributed by atoms with van der Waals surface area (Å²) in [5.41, 5.74) is 5.64. The number of sulfonamides is 1. The Bertz CT molecular complexity index is 2380. The highest BCUT2D eigenvalue weighted by atomic mass is 35.5. The fourth-order valence-corrected chi connectivity index (χ4v) is 9.16. The van der Waals surface area contributed by atoms with Gasteiger partial charge in [-0.25, -0.2) is 27.3 Å². The number of benzene rings is 4. The predicted molar refractivity (Wildman–Crippen MR) is 214 cm³/mol. The zero-order valence-corrected chi connectivity index (χ0v) is 33.5. The van der Waals surface area contributed by atoms with Gasteiger partial charge < -0.3 is 14.2 Å². The van der Waals surface area contributed by atoms with Crippen molar-refractivity contribution in [3.8, 4) is 27.9 Å². The Morgan fingerprint density at radius 2 is 1.52 bits per heavy atom. The third-order valence-electron chi connectivity index (χ3n) is 9.58. The summed E-state index contributed by atoms with van der Waals surface area (Å²) in [7, 11) is -0.963. The van der Waals surface area contributed by atoms with Crippen LogP contribution in [0.25, 0.3) is 16.4 Å². The Balaban J connectivity index is 1.25. The van der Waals surface area contributed by atoms with Crippen molar-refractivity contribution in [3.05, 3.63) is 141 Å². The van der Waals surface area contributed by atoms with E-state index in [0.29, 0.717) is 46.6 Å². The molecule has 1 fully saturated rings. The zero-order valence-electron chi connectivity index (χ0n) is 31.1. The van der Waals surface area contributed by atoms with Crippen LogP contribution < -0.4 is 9.47 Å². The summed E-state index contributed by atoms with van der Waals surface area (Å²) in [4.78, 5) is 17.1. The average molecular weight is 815 g/mol. The van der Waals surface area contributed by atoms with Crippen molar-refractivity contribution in [1.29, 1.82) is 0 Å². The van der Waals surface area contributed by atoms with Crippen molar-refractivity contribution in [2.75, 3.05) is 20.8 Å². The molecule has 4 aromatic carbocycles. The van der Waals surface area contributed by atoms with E-state index in [1.807, 2.05) is 24.3 Å². The Morgan fingerprint density at radius 1 is 0.911 bits per heavy atom. The van der Waals surface area contributed by atoms with E-state index >= 15 is 0 Å². The zero-order chi connectivity index (χ0) is 39.4. The lowest BCUT2D eigenvalue weighted by Crippen LogP contribution is -2.30. The normalized spacial score (nSPS) is 12.9. The lowest BCUT2D eigenvalue weighted by molar-refractivity contribution is 0.0520. The Morgan fingerprint density at radius 3 is 2.07 bits per heavy atom. The number of esters is 1. The van der Waals surface area contributed by atoms with Crippen molar-refractivity contribution >= 4 is 38.9 Å². The third kappa shape index (κ3) is 8.81. The molecule has 6 aromatic rings. The van der Waals surface area contributed by atoms with E-state index in [2.05, 4.69) is 4.98 Å². The summed E-state index contributed by atoms with van der Waals surface area (Å²) < 4.78 is 62.0. The van der Waals surface area contributed by atoms with Gasteiger partial charge in [-0.05, 0) is 109 Å². The first-order valence-electron chi connectivity index (χ1n) is 18.1. The standard InChI is InChI=1S/C42H40ClFN4O6S2/c1-4-54-41(49)37-26-55-42(45-37)48-38(23-27-5-6-27)35(40(46-48)31-12-14-32(44)15-13-31)21-30-11-20-39(36(43)22-30)56(50,51)47(24-28-7-16-33(52-2)17-8-28)25-29-9-18-34(53-3)19-10-29/h7-20,22,26-27H,4-6,21,23-25H2,1-3H3. The van der Waals surface area contributed by atoms with Crippen LogP contribution in [0.4, 0.5) is 4.39 Å². The number of methoxy groups -OCH3 is 2. The minimum absolute atomic E-state index is 0.0214. The molecule has 0 amide bonds. The van der Waals surface area contributed by atoms with Crippen molar-refractivity contribution in [1.82, 2.24) is 19.1 Å². The molecule has 1 aliphatic carbocycles. The van der Waals surface area contributed by atoms with Gasteiger partial charge in [0, 0.05) is 36.0 Å². The molecular formula is C42H40ClFN4O6S2. The van der Waals surface area contributed by atoms with Crippen LogP contribution in [0.1, 0.15) is 58.2 Å². The van der Waals surface area contributed by atoms with Gasteiger partial charge in [0.2, 0.25) is 15.2 Å². The van der Waals surface area contributed by atoms with Crippen LogP contribution in [0.3, 0.4) is 0 Å². The minimum atomic E-state index is -4.12. The van der Waals surface area contributed by atoms with E-state index in [-0.39, 0.29) is 41.1 Å². The Labute approximate surface area is 334 Å². The topological polar surface area (TPSA) is 113 Å². The van der Waals surface area contributed by atoms with Gasteiger partial charge in [-0.2, -0.15) is 9.40 Å². The summed E-state index contributed by atoms with van der Waals surface area (Å²) in [5, 5.41) is 7.26. The summed E-state index contributed by atoms with van der Waals surface area (Å²) >= 11 is 8.21. The first-order chi connectivity index (χ1) is 27.1. The first kappa shape index (κ1) is 39.2. The smallest absolute Gasteiger partial charge is 0.357 e. The van der Waals surface area contributed by atoms with Crippen LogP contribution in [-0.4, -0.2) is 54.3 Å². The molecule has 14 heteroatoms. The van der Waals surface area contributed by atoms with E-state index in [0.717, 1.165) is 40.8 Å². The number of carbonyl (C=O) groups is 1. The lowest BCUT2D eigenvalue weighted by atomic mass is 9.97. The monoisotopic (exact) mass is 814 g/mol. The first-order valence-corrected chi connectivity index (χ1v) is 20.8. The highest BCUT2D eigenvalue weighted by Crippen LogP contribution is 2.39. The summed E-state index contributed by atoms with van der Waals surface area (Å²) in [6.45, 7) is 2.15. The van der Waals surface area contributed by atoms with Crippen LogP contribution in [0, 0.1) is 11.7 Å². The van der Waals surface area contributed by atoms with Crippen LogP contribution >= 0.6 is 22.9 Å². The summed E-state index contributed by atoms with van der Waals surface area (Å²) in [5.74, 6) is 0.898. The second-order valence-corrected chi connectivity index (χ2v) is 16.6. The number of halogens is 2. The van der Waals surface area contributed by atoms with Gasteiger partial charge in [0.1, 0.15) is 22.2 Å². The van der Waals surface area contributed by atoms with E-state index in [9.17, 15) is 17.6 Å². The van der Waals surface area contributed by atoms with Gasteiger partial charge in [-0.3, -0.25) is 0 Å².